The highest BCUT2D eigenvalue weighted by molar-refractivity contribution is 5.87. The molecule has 0 spiro atoms. The van der Waals surface area contributed by atoms with E-state index in [1.165, 1.54) is 0 Å². The molecule has 134 valence electrons. The van der Waals surface area contributed by atoms with Crippen molar-refractivity contribution in [3.8, 4) is 0 Å². The number of hydrogen-bond acceptors (Lipinski definition) is 4. The van der Waals surface area contributed by atoms with Crippen molar-refractivity contribution in [3.05, 3.63) is 47.4 Å². The second kappa shape index (κ2) is 6.62. The number of carbonyl (C=O) groups is 2. The molecular weight excluding hydrogens is 334 g/mol. The number of rotatable bonds is 4. The number of aromatic amines is 2. The molecule has 2 aromatic heterocycles. The van der Waals surface area contributed by atoms with Crippen molar-refractivity contribution < 1.29 is 14.7 Å². The zero-order valence-electron chi connectivity index (χ0n) is 14.1. The highest BCUT2D eigenvalue weighted by Gasteiger charge is 2.27. The van der Waals surface area contributed by atoms with Crippen LogP contribution in [0.3, 0.4) is 0 Å². The summed E-state index contributed by atoms with van der Waals surface area (Å²) in [6.45, 7) is 1.25. The lowest BCUT2D eigenvalue weighted by molar-refractivity contribution is -0.131. The van der Waals surface area contributed by atoms with Gasteiger partial charge < -0.3 is 10.0 Å². The third-order valence-corrected chi connectivity index (χ3v) is 5.03. The Hall–Kier alpha value is -3.16. The summed E-state index contributed by atoms with van der Waals surface area (Å²) in [5.74, 6) is -0.789. The van der Waals surface area contributed by atoms with Gasteiger partial charge in [-0.3, -0.25) is 15.0 Å². The summed E-state index contributed by atoms with van der Waals surface area (Å²) in [4.78, 5) is 25.7. The molecule has 3 N–H and O–H groups in total. The summed E-state index contributed by atoms with van der Waals surface area (Å²) in [6, 6.07) is 5.87. The Bertz CT molecular complexity index is 953. The Morgan fingerprint density at radius 2 is 1.92 bits per heavy atom. The number of nitrogens with one attached hydrogen (secondary N) is 2. The maximum atomic E-state index is 12.6. The number of benzene rings is 1. The quantitative estimate of drug-likeness (QED) is 0.663. The van der Waals surface area contributed by atoms with Crippen molar-refractivity contribution in [3.63, 3.8) is 0 Å². The summed E-state index contributed by atoms with van der Waals surface area (Å²) < 4.78 is 0. The summed E-state index contributed by atoms with van der Waals surface area (Å²) in [5.41, 5.74) is 2.77. The van der Waals surface area contributed by atoms with Crippen LogP contribution in [0, 0.1) is 0 Å². The minimum absolute atomic E-state index is 0.0907. The van der Waals surface area contributed by atoms with E-state index in [0.717, 1.165) is 34.9 Å². The van der Waals surface area contributed by atoms with Gasteiger partial charge in [0.05, 0.1) is 24.3 Å². The van der Waals surface area contributed by atoms with Crippen molar-refractivity contribution in [2.45, 2.75) is 25.2 Å². The first-order valence-corrected chi connectivity index (χ1v) is 8.58. The molecule has 1 fully saturated rings. The molecule has 4 rings (SSSR count). The lowest BCUT2D eigenvalue weighted by atomic mass is 9.89. The second-order valence-electron chi connectivity index (χ2n) is 6.63. The highest BCUT2D eigenvalue weighted by atomic mass is 16.4. The van der Waals surface area contributed by atoms with Crippen molar-refractivity contribution in [1.29, 1.82) is 0 Å². The maximum absolute atomic E-state index is 12.6. The smallest absolute Gasteiger partial charge is 0.354 e. The van der Waals surface area contributed by atoms with Crippen LogP contribution >= 0.6 is 0 Å². The van der Waals surface area contributed by atoms with Gasteiger partial charge in [0, 0.05) is 24.0 Å². The lowest BCUT2D eigenvalue weighted by Crippen LogP contribution is -2.38. The van der Waals surface area contributed by atoms with E-state index < -0.39 is 5.97 Å². The van der Waals surface area contributed by atoms with Crippen LogP contribution in [0.25, 0.3) is 10.9 Å². The molecule has 0 saturated carbocycles. The van der Waals surface area contributed by atoms with Crippen LogP contribution in [0.1, 0.15) is 40.4 Å². The lowest BCUT2D eigenvalue weighted by Gasteiger charge is -2.32. The molecule has 8 heteroatoms. The molecule has 0 bridgehead atoms. The van der Waals surface area contributed by atoms with Crippen LogP contribution in [-0.2, 0) is 11.2 Å². The molecule has 3 heterocycles. The zero-order chi connectivity index (χ0) is 18.1. The Morgan fingerprint density at radius 3 is 2.69 bits per heavy atom. The summed E-state index contributed by atoms with van der Waals surface area (Å²) in [5, 5.41) is 23.5. The molecule has 1 saturated heterocycles. The van der Waals surface area contributed by atoms with Crippen LogP contribution in [0.15, 0.2) is 30.6 Å². The Kier molecular flexibility index (Phi) is 4.16. The number of carboxylic acids is 1. The summed E-state index contributed by atoms with van der Waals surface area (Å²) in [6.07, 6.45) is 5.18. The van der Waals surface area contributed by atoms with E-state index >= 15 is 0 Å². The number of aromatic nitrogens is 4. The number of aromatic carboxylic acids is 1. The number of H-pyrrole nitrogens is 2. The van der Waals surface area contributed by atoms with Crippen LogP contribution < -0.4 is 0 Å². The number of carbonyl (C=O) groups excluding carboxylic acids is 1. The molecule has 1 aliphatic heterocycles. The normalized spacial score (nSPS) is 15.5. The van der Waals surface area contributed by atoms with Crippen molar-refractivity contribution in [2.24, 2.45) is 0 Å². The number of piperidine rings is 1. The standard InChI is InChI=1S/C18H19N5O3/c24-16(8-11-1-2-13-9-19-21-15(13)7-11)23-5-3-12(4-6-23)14-10-20-22-17(14)18(25)26/h1-2,7,9-10,12H,3-6,8H2,(H,19,21)(H,20,22)(H,25,26). The summed E-state index contributed by atoms with van der Waals surface area (Å²) in [7, 11) is 0. The third-order valence-electron chi connectivity index (χ3n) is 5.03. The van der Waals surface area contributed by atoms with Crippen LogP contribution in [0.2, 0.25) is 0 Å². The van der Waals surface area contributed by atoms with Gasteiger partial charge in [-0.2, -0.15) is 10.2 Å². The number of hydrogen-bond donors (Lipinski definition) is 3. The fraction of sp³-hybridized carbons (Fsp3) is 0.333. The predicted molar refractivity (Wildman–Crippen MR) is 93.9 cm³/mol. The molecule has 1 aromatic carbocycles. The van der Waals surface area contributed by atoms with Gasteiger partial charge in [-0.15, -0.1) is 0 Å². The molecule has 1 aliphatic rings. The number of fused-ring (bicyclic) bond motifs is 1. The Morgan fingerprint density at radius 1 is 1.15 bits per heavy atom. The molecule has 0 unspecified atom stereocenters. The highest BCUT2D eigenvalue weighted by Crippen LogP contribution is 2.30. The van der Waals surface area contributed by atoms with Crippen LogP contribution in [0.4, 0.5) is 0 Å². The molecule has 1 amide bonds. The van der Waals surface area contributed by atoms with Gasteiger partial charge in [0.2, 0.25) is 5.91 Å². The van der Waals surface area contributed by atoms with E-state index in [9.17, 15) is 14.7 Å². The summed E-state index contributed by atoms with van der Waals surface area (Å²) >= 11 is 0. The fourth-order valence-corrected chi connectivity index (χ4v) is 3.60. The van der Waals surface area contributed by atoms with Crippen molar-refractivity contribution in [2.75, 3.05) is 13.1 Å². The minimum atomic E-state index is -0.995. The van der Waals surface area contributed by atoms with E-state index in [2.05, 4.69) is 20.4 Å². The van der Waals surface area contributed by atoms with Gasteiger partial charge in [0.15, 0.2) is 0 Å². The largest absolute Gasteiger partial charge is 0.477 e. The van der Waals surface area contributed by atoms with Crippen LogP contribution in [0.5, 0.6) is 0 Å². The number of nitrogens with zero attached hydrogens (tertiary/aromatic N) is 3. The molecule has 0 aliphatic carbocycles. The van der Waals surface area contributed by atoms with Gasteiger partial charge >= 0.3 is 5.97 Å². The van der Waals surface area contributed by atoms with Gasteiger partial charge in [0.25, 0.3) is 0 Å². The van der Waals surface area contributed by atoms with Gasteiger partial charge in [0.1, 0.15) is 5.69 Å². The first-order chi connectivity index (χ1) is 12.6. The van der Waals surface area contributed by atoms with E-state index in [-0.39, 0.29) is 17.5 Å². The monoisotopic (exact) mass is 353 g/mol. The first kappa shape index (κ1) is 16.3. The van der Waals surface area contributed by atoms with Crippen molar-refractivity contribution >= 4 is 22.8 Å². The molecule has 0 atom stereocenters. The SMILES string of the molecule is O=C(O)c1[nH]ncc1C1CCN(C(=O)Cc2ccc3cn[nH]c3c2)CC1. The van der Waals surface area contributed by atoms with Gasteiger partial charge in [-0.1, -0.05) is 12.1 Å². The van der Waals surface area contributed by atoms with Crippen molar-refractivity contribution in [1.82, 2.24) is 25.3 Å². The fourth-order valence-electron chi connectivity index (χ4n) is 3.60. The maximum Gasteiger partial charge on any atom is 0.354 e. The predicted octanol–water partition coefficient (Wildman–Crippen LogP) is 1.93. The van der Waals surface area contributed by atoms with Gasteiger partial charge in [-0.25, -0.2) is 4.79 Å². The van der Waals surface area contributed by atoms with E-state index in [4.69, 9.17) is 0 Å². The van der Waals surface area contributed by atoms with E-state index in [1.807, 2.05) is 23.1 Å². The molecule has 0 radical (unpaired) electrons. The van der Waals surface area contributed by atoms with Crippen LogP contribution in [-0.4, -0.2) is 55.4 Å². The Labute approximate surface area is 149 Å². The third kappa shape index (κ3) is 3.05. The average Bonchev–Trinajstić information content (AvgIpc) is 3.30. The first-order valence-electron chi connectivity index (χ1n) is 8.58. The number of likely N-dealkylation sites (tertiary alicyclic amines) is 1. The molecule has 8 nitrogen and oxygen atoms in total. The van der Waals surface area contributed by atoms with Gasteiger partial charge in [-0.05, 0) is 30.4 Å². The zero-order valence-corrected chi connectivity index (χ0v) is 14.1. The number of amides is 1. The average molecular weight is 353 g/mol. The second-order valence-corrected chi connectivity index (χ2v) is 6.63. The van der Waals surface area contributed by atoms with E-state index in [0.29, 0.717) is 19.5 Å². The topological polar surface area (TPSA) is 115 Å². The number of carboxylic acid groups (broad SMARTS) is 1. The molecular formula is C18H19N5O3. The minimum Gasteiger partial charge on any atom is -0.477 e. The molecule has 3 aromatic rings. The Balaban J connectivity index is 1.38. The van der Waals surface area contributed by atoms with E-state index in [1.54, 1.807) is 12.4 Å². The molecule has 26 heavy (non-hydrogen) atoms.